The fraction of sp³-hybridized carbons (Fsp3) is 0.211. The van der Waals surface area contributed by atoms with Crippen molar-refractivity contribution in [2.45, 2.75) is 12.3 Å². The maximum absolute atomic E-state index is 11.2. The molecule has 0 aliphatic carbocycles. The molecule has 22 heavy (non-hydrogen) atoms. The van der Waals surface area contributed by atoms with Crippen molar-refractivity contribution >= 4 is 6.29 Å². The molecule has 3 heteroatoms. The van der Waals surface area contributed by atoms with Crippen LogP contribution in [0.3, 0.4) is 0 Å². The molecule has 0 radical (unpaired) electrons. The van der Waals surface area contributed by atoms with Crippen LogP contribution in [0.25, 0.3) is 0 Å². The number of carbonyl (C=O) groups is 1. The molecule has 0 bridgehead atoms. The van der Waals surface area contributed by atoms with Gasteiger partial charge in [-0.15, -0.1) is 0 Å². The molecule has 0 fully saturated rings. The van der Waals surface area contributed by atoms with Gasteiger partial charge in [0.15, 0.2) is 11.5 Å². The molecule has 0 aliphatic rings. The standard InChI is InChI=1S/C19H20O3/c1-14(13-20)17(11-15-7-5-4-6-8-15)16-9-10-18(21-2)19(12-16)22-3/h4-10,12-13,17H,1,11H2,2-3H3. The van der Waals surface area contributed by atoms with Gasteiger partial charge in [0.2, 0.25) is 0 Å². The maximum Gasteiger partial charge on any atom is 0.161 e. The van der Waals surface area contributed by atoms with Gasteiger partial charge in [-0.3, -0.25) is 4.79 Å². The molecule has 3 nitrogen and oxygen atoms in total. The van der Waals surface area contributed by atoms with E-state index in [1.54, 1.807) is 14.2 Å². The summed E-state index contributed by atoms with van der Waals surface area (Å²) in [6.07, 6.45) is 1.54. The van der Waals surface area contributed by atoms with Crippen LogP contribution in [0.15, 0.2) is 60.7 Å². The van der Waals surface area contributed by atoms with E-state index >= 15 is 0 Å². The van der Waals surface area contributed by atoms with Crippen LogP contribution in [-0.4, -0.2) is 20.5 Å². The lowest BCUT2D eigenvalue weighted by molar-refractivity contribution is -0.105. The maximum atomic E-state index is 11.2. The lowest BCUT2D eigenvalue weighted by Crippen LogP contribution is -2.07. The molecule has 114 valence electrons. The summed E-state index contributed by atoms with van der Waals surface area (Å²) >= 11 is 0. The fourth-order valence-electron chi connectivity index (χ4n) is 2.46. The molecule has 0 heterocycles. The molecule has 2 aromatic rings. The molecule has 0 spiro atoms. The Morgan fingerprint density at radius 1 is 1.09 bits per heavy atom. The Hall–Kier alpha value is -2.55. The number of hydrogen-bond donors (Lipinski definition) is 0. The van der Waals surface area contributed by atoms with E-state index < -0.39 is 0 Å². The first kappa shape index (κ1) is 15.8. The highest BCUT2D eigenvalue weighted by Gasteiger charge is 2.18. The van der Waals surface area contributed by atoms with E-state index in [1.165, 1.54) is 0 Å². The first-order valence-corrected chi connectivity index (χ1v) is 7.09. The summed E-state index contributed by atoms with van der Waals surface area (Å²) in [6.45, 7) is 3.90. The van der Waals surface area contributed by atoms with Crippen molar-refractivity contribution < 1.29 is 14.3 Å². The van der Waals surface area contributed by atoms with Crippen molar-refractivity contribution in [3.8, 4) is 11.5 Å². The summed E-state index contributed by atoms with van der Waals surface area (Å²) in [7, 11) is 3.20. The fourth-order valence-corrected chi connectivity index (χ4v) is 2.46. The van der Waals surface area contributed by atoms with Gasteiger partial charge in [0.05, 0.1) is 14.2 Å². The van der Waals surface area contributed by atoms with Gasteiger partial charge in [0.25, 0.3) is 0 Å². The molecular formula is C19H20O3. The number of carbonyl (C=O) groups excluding carboxylic acids is 1. The van der Waals surface area contributed by atoms with E-state index in [0.717, 1.165) is 17.4 Å². The van der Waals surface area contributed by atoms with Crippen molar-refractivity contribution in [1.29, 1.82) is 0 Å². The predicted octanol–water partition coefficient (Wildman–Crippen LogP) is 3.79. The van der Waals surface area contributed by atoms with Crippen molar-refractivity contribution in [3.63, 3.8) is 0 Å². The van der Waals surface area contributed by atoms with Crippen LogP contribution in [0.4, 0.5) is 0 Å². The summed E-state index contributed by atoms with van der Waals surface area (Å²) in [6, 6.07) is 15.8. The van der Waals surface area contributed by atoms with Gasteiger partial charge in [-0.25, -0.2) is 0 Å². The summed E-state index contributed by atoms with van der Waals surface area (Å²) < 4.78 is 10.6. The molecule has 1 atom stereocenters. The number of rotatable bonds is 7. The molecule has 0 saturated carbocycles. The smallest absolute Gasteiger partial charge is 0.161 e. The minimum Gasteiger partial charge on any atom is -0.493 e. The zero-order valence-corrected chi connectivity index (χ0v) is 12.9. The van der Waals surface area contributed by atoms with Gasteiger partial charge in [-0.1, -0.05) is 43.0 Å². The second-order valence-corrected chi connectivity index (χ2v) is 5.05. The minimum atomic E-state index is -0.0836. The summed E-state index contributed by atoms with van der Waals surface area (Å²) in [5.74, 6) is 1.23. The van der Waals surface area contributed by atoms with E-state index in [9.17, 15) is 4.79 Å². The third kappa shape index (κ3) is 3.55. The number of aldehydes is 1. The number of hydrogen-bond acceptors (Lipinski definition) is 3. The largest absolute Gasteiger partial charge is 0.493 e. The monoisotopic (exact) mass is 296 g/mol. The van der Waals surface area contributed by atoms with Crippen LogP contribution in [-0.2, 0) is 11.2 Å². The molecule has 0 amide bonds. The Kier molecular flexibility index (Phi) is 5.37. The van der Waals surface area contributed by atoms with Crippen LogP contribution >= 0.6 is 0 Å². The number of benzene rings is 2. The van der Waals surface area contributed by atoms with E-state index in [1.807, 2.05) is 48.5 Å². The Labute approximate surface area is 131 Å². The average Bonchev–Trinajstić information content (AvgIpc) is 2.59. The summed E-state index contributed by atoms with van der Waals surface area (Å²) in [5.41, 5.74) is 2.69. The number of ether oxygens (including phenoxy) is 2. The molecule has 0 aromatic heterocycles. The van der Waals surface area contributed by atoms with Gasteiger partial charge in [0, 0.05) is 5.92 Å². The van der Waals surface area contributed by atoms with Crippen molar-refractivity contribution in [3.05, 3.63) is 71.8 Å². The molecular weight excluding hydrogens is 276 g/mol. The highest BCUT2D eigenvalue weighted by atomic mass is 16.5. The lowest BCUT2D eigenvalue weighted by atomic mass is 9.86. The minimum absolute atomic E-state index is 0.0836. The zero-order valence-electron chi connectivity index (χ0n) is 12.9. The number of methoxy groups -OCH3 is 2. The van der Waals surface area contributed by atoms with Crippen LogP contribution < -0.4 is 9.47 Å². The third-order valence-corrected chi connectivity index (χ3v) is 3.69. The molecule has 0 N–H and O–H groups in total. The van der Waals surface area contributed by atoms with Crippen molar-refractivity contribution in [2.75, 3.05) is 14.2 Å². The van der Waals surface area contributed by atoms with Crippen molar-refractivity contribution in [1.82, 2.24) is 0 Å². The first-order chi connectivity index (χ1) is 10.7. The average molecular weight is 296 g/mol. The summed E-state index contributed by atoms with van der Waals surface area (Å²) in [4.78, 5) is 11.2. The van der Waals surface area contributed by atoms with E-state index in [2.05, 4.69) is 6.58 Å². The molecule has 2 aromatic carbocycles. The SMILES string of the molecule is C=C(C=O)C(Cc1ccccc1)c1ccc(OC)c(OC)c1. The Bertz CT molecular complexity index is 647. The lowest BCUT2D eigenvalue weighted by Gasteiger charge is -2.19. The summed E-state index contributed by atoms with van der Waals surface area (Å²) in [5, 5.41) is 0. The second kappa shape index (κ2) is 7.46. The van der Waals surface area contributed by atoms with Crippen LogP contribution in [0, 0.1) is 0 Å². The Morgan fingerprint density at radius 2 is 1.77 bits per heavy atom. The quantitative estimate of drug-likeness (QED) is 0.576. The number of allylic oxidation sites excluding steroid dienone is 1. The highest BCUT2D eigenvalue weighted by Crippen LogP contribution is 2.34. The first-order valence-electron chi connectivity index (χ1n) is 7.09. The zero-order chi connectivity index (χ0) is 15.9. The molecule has 0 saturated heterocycles. The molecule has 1 unspecified atom stereocenters. The topological polar surface area (TPSA) is 35.5 Å². The van der Waals surface area contributed by atoms with Crippen LogP contribution in [0.2, 0.25) is 0 Å². The molecule has 0 aliphatic heterocycles. The van der Waals surface area contributed by atoms with Crippen LogP contribution in [0.1, 0.15) is 17.0 Å². The third-order valence-electron chi connectivity index (χ3n) is 3.69. The van der Waals surface area contributed by atoms with Crippen molar-refractivity contribution in [2.24, 2.45) is 0 Å². The highest BCUT2D eigenvalue weighted by molar-refractivity contribution is 5.75. The second-order valence-electron chi connectivity index (χ2n) is 5.05. The normalized spacial score (nSPS) is 11.5. The Morgan fingerprint density at radius 3 is 2.36 bits per heavy atom. The van der Waals surface area contributed by atoms with Gasteiger partial charge in [-0.2, -0.15) is 0 Å². The van der Waals surface area contributed by atoms with E-state index in [0.29, 0.717) is 23.5 Å². The van der Waals surface area contributed by atoms with Gasteiger partial charge >= 0.3 is 0 Å². The van der Waals surface area contributed by atoms with Gasteiger partial charge in [0.1, 0.15) is 6.29 Å². The predicted molar refractivity (Wildman–Crippen MR) is 87.6 cm³/mol. The Balaban J connectivity index is 2.37. The van der Waals surface area contributed by atoms with Gasteiger partial charge < -0.3 is 9.47 Å². The molecule has 2 rings (SSSR count). The van der Waals surface area contributed by atoms with Gasteiger partial charge in [-0.05, 0) is 35.3 Å². The van der Waals surface area contributed by atoms with Crippen LogP contribution in [0.5, 0.6) is 11.5 Å². The van der Waals surface area contributed by atoms with E-state index in [-0.39, 0.29) is 5.92 Å². The van der Waals surface area contributed by atoms with E-state index in [4.69, 9.17) is 9.47 Å².